The van der Waals surface area contributed by atoms with Crippen molar-refractivity contribution in [3.05, 3.63) is 125 Å². The van der Waals surface area contributed by atoms with Crippen molar-refractivity contribution >= 4 is 22.2 Å². The number of aromatic nitrogens is 2. The summed E-state index contributed by atoms with van der Waals surface area (Å²) in [5.41, 5.74) is 3.75. The molecule has 6 aromatic rings. The molecule has 0 saturated carbocycles. The second-order valence-electron chi connectivity index (χ2n) is 8.31. The minimum absolute atomic E-state index is 0.237. The molecule has 36 heavy (non-hydrogen) atoms. The third-order valence-electron chi connectivity index (χ3n) is 6.19. The van der Waals surface area contributed by atoms with Gasteiger partial charge in [0.15, 0.2) is 5.75 Å². The SMILES string of the molecule is COc1c(-c2ccccc2)c(C(=O)c2ccc3nc(-c4ccccc4)oc(=O)c3c2)n2ccccc12. The van der Waals surface area contributed by atoms with E-state index in [0.717, 1.165) is 11.1 Å². The first kappa shape index (κ1) is 21.6. The molecule has 6 rings (SSSR count). The highest BCUT2D eigenvalue weighted by atomic mass is 16.5. The zero-order valence-electron chi connectivity index (χ0n) is 19.3. The first-order valence-electron chi connectivity index (χ1n) is 11.4. The van der Waals surface area contributed by atoms with Crippen LogP contribution in [0.2, 0.25) is 0 Å². The summed E-state index contributed by atoms with van der Waals surface area (Å²) >= 11 is 0. The van der Waals surface area contributed by atoms with E-state index in [2.05, 4.69) is 4.98 Å². The van der Waals surface area contributed by atoms with Crippen LogP contribution in [-0.4, -0.2) is 22.3 Å². The smallest absolute Gasteiger partial charge is 0.347 e. The minimum atomic E-state index is -0.547. The third kappa shape index (κ3) is 3.47. The van der Waals surface area contributed by atoms with Gasteiger partial charge in [0.2, 0.25) is 11.7 Å². The fourth-order valence-corrected chi connectivity index (χ4v) is 4.54. The number of methoxy groups -OCH3 is 1. The molecule has 0 aliphatic heterocycles. The first-order valence-corrected chi connectivity index (χ1v) is 11.4. The Labute approximate surface area is 206 Å². The normalized spacial score (nSPS) is 11.1. The van der Waals surface area contributed by atoms with E-state index >= 15 is 0 Å². The van der Waals surface area contributed by atoms with Crippen molar-refractivity contribution in [2.24, 2.45) is 0 Å². The monoisotopic (exact) mass is 472 g/mol. The maximum absolute atomic E-state index is 14.0. The number of carbonyl (C=O) groups excluding carboxylic acids is 1. The van der Waals surface area contributed by atoms with Gasteiger partial charge in [0.25, 0.3) is 0 Å². The van der Waals surface area contributed by atoms with Crippen LogP contribution >= 0.6 is 0 Å². The second kappa shape index (κ2) is 8.67. The lowest BCUT2D eigenvalue weighted by atomic mass is 9.99. The summed E-state index contributed by atoms with van der Waals surface area (Å²) < 4.78 is 13.1. The summed E-state index contributed by atoms with van der Waals surface area (Å²) in [4.78, 5) is 31.4. The lowest BCUT2D eigenvalue weighted by Crippen LogP contribution is -2.09. The van der Waals surface area contributed by atoms with Gasteiger partial charge < -0.3 is 13.6 Å². The molecule has 3 aromatic heterocycles. The molecule has 3 heterocycles. The van der Waals surface area contributed by atoms with Crippen molar-refractivity contribution in [1.82, 2.24) is 9.38 Å². The molecule has 3 aromatic carbocycles. The fraction of sp³-hybridized carbons (Fsp3) is 0.0333. The van der Waals surface area contributed by atoms with Gasteiger partial charge in [0.05, 0.1) is 29.1 Å². The standard InChI is InChI=1S/C30H20N2O4/c1-35-28-24-14-8-9-17-32(24)26(25(28)19-10-4-2-5-11-19)27(33)21-15-16-23-22(18-21)30(34)36-29(31-23)20-12-6-3-7-13-20/h2-18H,1H3. The van der Waals surface area contributed by atoms with Crippen LogP contribution in [0.15, 0.2) is 112 Å². The highest BCUT2D eigenvalue weighted by molar-refractivity contribution is 6.15. The van der Waals surface area contributed by atoms with Crippen LogP contribution < -0.4 is 10.4 Å². The van der Waals surface area contributed by atoms with Gasteiger partial charge in [-0.2, -0.15) is 0 Å². The van der Waals surface area contributed by atoms with Crippen LogP contribution in [0.3, 0.4) is 0 Å². The van der Waals surface area contributed by atoms with E-state index in [1.165, 1.54) is 0 Å². The van der Waals surface area contributed by atoms with E-state index in [1.807, 2.05) is 89.5 Å². The van der Waals surface area contributed by atoms with E-state index in [0.29, 0.717) is 33.7 Å². The van der Waals surface area contributed by atoms with E-state index in [-0.39, 0.29) is 17.1 Å². The van der Waals surface area contributed by atoms with E-state index < -0.39 is 5.63 Å². The summed E-state index contributed by atoms with van der Waals surface area (Å²) in [6, 6.07) is 29.5. The Morgan fingerprint density at radius 1 is 0.861 bits per heavy atom. The largest absolute Gasteiger partial charge is 0.494 e. The molecule has 0 saturated heterocycles. The summed E-state index contributed by atoms with van der Waals surface area (Å²) in [6.45, 7) is 0. The topological polar surface area (TPSA) is 73.8 Å². The zero-order chi connectivity index (χ0) is 24.6. The molecular formula is C30H20N2O4. The number of rotatable bonds is 5. The lowest BCUT2D eigenvalue weighted by Gasteiger charge is -2.08. The highest BCUT2D eigenvalue weighted by Gasteiger charge is 2.26. The first-order chi connectivity index (χ1) is 17.7. The van der Waals surface area contributed by atoms with Gasteiger partial charge in [-0.3, -0.25) is 4.79 Å². The number of pyridine rings is 1. The van der Waals surface area contributed by atoms with Gasteiger partial charge in [-0.1, -0.05) is 54.6 Å². The second-order valence-corrected chi connectivity index (χ2v) is 8.31. The number of nitrogens with zero attached hydrogens (tertiary/aromatic N) is 2. The summed E-state index contributed by atoms with van der Waals surface area (Å²) in [5.74, 6) is 0.604. The molecule has 0 bridgehead atoms. The maximum Gasteiger partial charge on any atom is 0.347 e. The maximum atomic E-state index is 14.0. The number of benzene rings is 3. The number of carbonyl (C=O) groups is 1. The molecule has 174 valence electrons. The molecule has 6 nitrogen and oxygen atoms in total. The number of fused-ring (bicyclic) bond motifs is 2. The van der Waals surface area contributed by atoms with Crippen LogP contribution in [0.25, 0.3) is 39.0 Å². The molecule has 0 N–H and O–H groups in total. The molecule has 0 amide bonds. The Bertz CT molecular complexity index is 1800. The average molecular weight is 473 g/mol. The number of ether oxygens (including phenoxy) is 1. The van der Waals surface area contributed by atoms with Crippen LogP contribution in [0.5, 0.6) is 5.75 Å². The quantitative estimate of drug-likeness (QED) is 0.287. The van der Waals surface area contributed by atoms with E-state index in [4.69, 9.17) is 9.15 Å². The Kier molecular flexibility index (Phi) is 5.19. The van der Waals surface area contributed by atoms with Gasteiger partial charge >= 0.3 is 5.63 Å². The molecule has 6 heteroatoms. The Morgan fingerprint density at radius 2 is 1.56 bits per heavy atom. The van der Waals surface area contributed by atoms with Crippen LogP contribution in [-0.2, 0) is 0 Å². The van der Waals surface area contributed by atoms with Gasteiger partial charge in [-0.25, -0.2) is 9.78 Å². The molecule has 0 atom stereocenters. The van der Waals surface area contributed by atoms with E-state index in [9.17, 15) is 9.59 Å². The average Bonchev–Trinajstić information content (AvgIpc) is 3.28. The van der Waals surface area contributed by atoms with Gasteiger partial charge in [0.1, 0.15) is 5.69 Å². The molecular weight excluding hydrogens is 452 g/mol. The predicted molar refractivity (Wildman–Crippen MR) is 139 cm³/mol. The van der Waals surface area contributed by atoms with Crippen molar-refractivity contribution in [1.29, 1.82) is 0 Å². The van der Waals surface area contributed by atoms with Crippen LogP contribution in [0, 0.1) is 0 Å². The Balaban J connectivity index is 1.54. The number of hydrogen-bond acceptors (Lipinski definition) is 5. The molecule has 0 unspecified atom stereocenters. The molecule has 0 aliphatic rings. The zero-order valence-corrected chi connectivity index (χ0v) is 19.3. The van der Waals surface area contributed by atoms with E-state index in [1.54, 1.807) is 25.3 Å². The van der Waals surface area contributed by atoms with Crippen molar-refractivity contribution in [3.63, 3.8) is 0 Å². The Hall–Kier alpha value is -4.97. The van der Waals surface area contributed by atoms with Crippen LogP contribution in [0.4, 0.5) is 0 Å². The van der Waals surface area contributed by atoms with Gasteiger partial charge in [0, 0.05) is 17.3 Å². The summed E-state index contributed by atoms with van der Waals surface area (Å²) in [5, 5.41) is 0.245. The molecule has 0 spiro atoms. The number of hydrogen-bond donors (Lipinski definition) is 0. The molecule has 0 aliphatic carbocycles. The predicted octanol–water partition coefficient (Wildman–Crippen LogP) is 6.01. The lowest BCUT2D eigenvalue weighted by molar-refractivity contribution is 0.103. The van der Waals surface area contributed by atoms with Gasteiger partial charge in [-0.15, -0.1) is 0 Å². The van der Waals surface area contributed by atoms with Gasteiger partial charge in [-0.05, 0) is 48.0 Å². The highest BCUT2D eigenvalue weighted by Crippen LogP contribution is 2.40. The number of ketones is 1. The fourth-order valence-electron chi connectivity index (χ4n) is 4.54. The van der Waals surface area contributed by atoms with Crippen molar-refractivity contribution in [2.45, 2.75) is 0 Å². The minimum Gasteiger partial charge on any atom is -0.494 e. The van der Waals surface area contributed by atoms with Crippen molar-refractivity contribution in [2.75, 3.05) is 7.11 Å². The molecule has 0 fully saturated rings. The Morgan fingerprint density at radius 3 is 2.28 bits per heavy atom. The summed E-state index contributed by atoms with van der Waals surface area (Å²) in [6.07, 6.45) is 1.83. The van der Waals surface area contributed by atoms with Crippen molar-refractivity contribution < 1.29 is 13.9 Å². The van der Waals surface area contributed by atoms with Crippen molar-refractivity contribution in [3.8, 4) is 28.3 Å². The molecule has 0 radical (unpaired) electrons. The third-order valence-corrected chi connectivity index (χ3v) is 6.19. The summed E-state index contributed by atoms with van der Waals surface area (Å²) in [7, 11) is 1.60. The van der Waals surface area contributed by atoms with Crippen LogP contribution in [0.1, 0.15) is 16.1 Å².